The number of aliphatic hydroxyl groups is 10. The van der Waals surface area contributed by atoms with Crippen LogP contribution in [0, 0.1) is 0 Å². The van der Waals surface area contributed by atoms with Crippen molar-refractivity contribution in [1.29, 1.82) is 0 Å². The molecule has 3 rings (SSSR count). The van der Waals surface area contributed by atoms with Crippen LogP contribution in [0.3, 0.4) is 0 Å². The Morgan fingerprint density at radius 1 is 0.703 bits per heavy atom. The van der Waals surface area contributed by atoms with Gasteiger partial charge in [-0.3, -0.25) is 4.79 Å². The first kappa shape index (κ1) is 30.4. The highest BCUT2D eigenvalue weighted by Gasteiger charge is 2.52. The van der Waals surface area contributed by atoms with Crippen molar-refractivity contribution >= 4 is 5.91 Å². The summed E-state index contributed by atoms with van der Waals surface area (Å²) in [5.74, 6) is -0.644. The molecule has 0 aromatic heterocycles. The molecule has 0 aliphatic carbocycles. The van der Waals surface area contributed by atoms with Gasteiger partial charge in [-0.25, -0.2) is 0 Å². The van der Waals surface area contributed by atoms with Crippen molar-refractivity contribution in [3.05, 3.63) is 0 Å². The van der Waals surface area contributed by atoms with Crippen LogP contribution in [0.2, 0.25) is 0 Å². The Morgan fingerprint density at radius 3 is 1.73 bits per heavy atom. The fraction of sp³-hybridized carbons (Fsp3) is 0.950. The molecule has 0 spiro atoms. The molecule has 0 aromatic rings. The lowest BCUT2D eigenvalue weighted by Gasteiger charge is -2.47. The minimum absolute atomic E-state index is 0.619. The van der Waals surface area contributed by atoms with Crippen LogP contribution in [-0.2, 0) is 28.5 Å². The number of rotatable bonds is 8. The third-order valence-electron chi connectivity index (χ3n) is 6.48. The normalized spacial score (nSPS) is 49.0. The molecule has 17 nitrogen and oxygen atoms in total. The second kappa shape index (κ2) is 12.8. The van der Waals surface area contributed by atoms with E-state index in [1.54, 1.807) is 0 Å². The third kappa shape index (κ3) is 6.55. The topological polar surface area (TPSA) is 278 Å². The second-order valence-corrected chi connectivity index (χ2v) is 9.11. The highest BCUT2D eigenvalue weighted by Crippen LogP contribution is 2.30. The van der Waals surface area contributed by atoms with E-state index in [4.69, 9.17) is 23.7 Å². The number of hydrogen-bond donors (Lipinski definition) is 11. The van der Waals surface area contributed by atoms with Crippen LogP contribution in [-0.4, -0.2) is 169 Å². The molecule has 11 N–H and O–H groups in total. The molecule has 0 unspecified atom stereocenters. The van der Waals surface area contributed by atoms with Crippen LogP contribution in [0.25, 0.3) is 0 Å². The molecule has 17 heteroatoms. The van der Waals surface area contributed by atoms with E-state index < -0.39 is 118 Å². The smallest absolute Gasteiger partial charge is 0.217 e. The Balaban J connectivity index is 1.78. The van der Waals surface area contributed by atoms with E-state index in [0.29, 0.717) is 0 Å². The van der Waals surface area contributed by atoms with Crippen LogP contribution in [0.4, 0.5) is 0 Å². The standard InChI is InChI=1S/C20H35NO16/c1-5(24)21-9-12(27)17(37-20-16(31)14(29)11(26)7(3-23)36-20)8(34-18(9)32)4-33-19-15(30)13(28)10(25)6(2-22)35-19/h6-20,22-23,25-32H,2-4H2,1H3,(H,21,24)/t6-,7-,8-,9-,10+,11+,12-,13+,14+,15-,16-,17-,18-,19-,20+/m1/s1. The summed E-state index contributed by atoms with van der Waals surface area (Å²) in [6.45, 7) is -0.984. The molecule has 0 saturated carbocycles. The molecule has 0 aromatic carbocycles. The molecular formula is C20H35NO16. The Bertz CT molecular complexity index is 743. The van der Waals surface area contributed by atoms with Gasteiger partial charge in [-0.05, 0) is 0 Å². The van der Waals surface area contributed by atoms with Gasteiger partial charge in [-0.2, -0.15) is 0 Å². The molecule has 3 saturated heterocycles. The summed E-state index contributed by atoms with van der Waals surface area (Å²) in [4.78, 5) is 11.6. The number of nitrogens with one attached hydrogen (secondary N) is 1. The fourth-order valence-electron chi connectivity index (χ4n) is 4.36. The number of aliphatic hydroxyl groups excluding tert-OH is 10. The number of hydrogen-bond acceptors (Lipinski definition) is 16. The van der Waals surface area contributed by atoms with Gasteiger partial charge in [-0.1, -0.05) is 0 Å². The van der Waals surface area contributed by atoms with Crippen LogP contribution < -0.4 is 5.32 Å². The quantitative estimate of drug-likeness (QED) is 0.135. The van der Waals surface area contributed by atoms with Crippen LogP contribution in [0.5, 0.6) is 0 Å². The Labute approximate surface area is 210 Å². The summed E-state index contributed by atoms with van der Waals surface area (Å²) in [7, 11) is 0. The molecule has 0 radical (unpaired) electrons. The average Bonchev–Trinajstić information content (AvgIpc) is 2.86. The maximum absolute atomic E-state index is 11.6. The van der Waals surface area contributed by atoms with Crippen molar-refractivity contribution in [2.45, 2.75) is 99.0 Å². The first-order valence-corrected chi connectivity index (χ1v) is 11.6. The summed E-state index contributed by atoms with van der Waals surface area (Å²) < 4.78 is 27.0. The maximum Gasteiger partial charge on any atom is 0.217 e. The Morgan fingerprint density at radius 2 is 1.22 bits per heavy atom. The molecular weight excluding hydrogens is 510 g/mol. The Kier molecular flexibility index (Phi) is 10.5. The first-order chi connectivity index (χ1) is 17.4. The fourth-order valence-corrected chi connectivity index (χ4v) is 4.36. The van der Waals surface area contributed by atoms with Gasteiger partial charge >= 0.3 is 0 Å². The van der Waals surface area contributed by atoms with Crippen molar-refractivity contribution in [2.75, 3.05) is 19.8 Å². The van der Waals surface area contributed by atoms with Gasteiger partial charge < -0.3 is 80.1 Å². The molecule has 3 aliphatic rings. The van der Waals surface area contributed by atoms with Gasteiger partial charge in [0.25, 0.3) is 0 Å². The summed E-state index contributed by atoms with van der Waals surface area (Å²) in [5.41, 5.74) is 0. The lowest BCUT2D eigenvalue weighted by atomic mass is 9.95. The monoisotopic (exact) mass is 545 g/mol. The molecule has 1 amide bonds. The van der Waals surface area contributed by atoms with Crippen LogP contribution >= 0.6 is 0 Å². The molecule has 3 heterocycles. The number of ether oxygens (including phenoxy) is 5. The van der Waals surface area contributed by atoms with E-state index in [9.17, 15) is 55.9 Å². The predicted octanol–water partition coefficient (Wildman–Crippen LogP) is -7.43. The molecule has 3 fully saturated rings. The van der Waals surface area contributed by atoms with E-state index in [-0.39, 0.29) is 0 Å². The van der Waals surface area contributed by atoms with Gasteiger partial charge in [0, 0.05) is 6.92 Å². The summed E-state index contributed by atoms with van der Waals surface area (Å²) >= 11 is 0. The predicted molar refractivity (Wildman–Crippen MR) is 113 cm³/mol. The largest absolute Gasteiger partial charge is 0.394 e. The second-order valence-electron chi connectivity index (χ2n) is 9.11. The molecule has 216 valence electrons. The minimum Gasteiger partial charge on any atom is -0.394 e. The zero-order valence-corrected chi connectivity index (χ0v) is 19.7. The maximum atomic E-state index is 11.6. The lowest BCUT2D eigenvalue weighted by Crippen LogP contribution is -2.67. The zero-order valence-electron chi connectivity index (χ0n) is 19.7. The number of amides is 1. The number of carbonyl (C=O) groups excluding carboxylic acids is 1. The van der Waals surface area contributed by atoms with E-state index in [1.165, 1.54) is 0 Å². The van der Waals surface area contributed by atoms with Crippen molar-refractivity contribution < 1.29 is 79.5 Å². The van der Waals surface area contributed by atoms with Crippen molar-refractivity contribution in [3.63, 3.8) is 0 Å². The number of carbonyl (C=O) groups is 1. The summed E-state index contributed by atoms with van der Waals surface area (Å²) in [6, 6.07) is -1.43. The van der Waals surface area contributed by atoms with E-state index in [1.807, 2.05) is 0 Å². The summed E-state index contributed by atoms with van der Waals surface area (Å²) in [6.07, 6.45) is -23.0. The molecule has 3 aliphatic heterocycles. The third-order valence-corrected chi connectivity index (χ3v) is 6.48. The van der Waals surface area contributed by atoms with E-state index in [2.05, 4.69) is 5.32 Å². The zero-order chi connectivity index (χ0) is 27.6. The summed E-state index contributed by atoms with van der Waals surface area (Å²) in [5, 5.41) is 103. The molecule has 37 heavy (non-hydrogen) atoms. The van der Waals surface area contributed by atoms with Crippen LogP contribution in [0.15, 0.2) is 0 Å². The van der Waals surface area contributed by atoms with Gasteiger partial charge in [-0.15, -0.1) is 0 Å². The van der Waals surface area contributed by atoms with Gasteiger partial charge in [0.2, 0.25) is 5.91 Å². The van der Waals surface area contributed by atoms with Crippen molar-refractivity contribution in [2.24, 2.45) is 0 Å². The van der Waals surface area contributed by atoms with E-state index >= 15 is 0 Å². The van der Waals surface area contributed by atoms with Gasteiger partial charge in [0.1, 0.15) is 73.2 Å². The van der Waals surface area contributed by atoms with Crippen molar-refractivity contribution in [3.8, 4) is 0 Å². The van der Waals surface area contributed by atoms with Gasteiger partial charge in [0.15, 0.2) is 18.9 Å². The van der Waals surface area contributed by atoms with E-state index in [0.717, 1.165) is 6.92 Å². The van der Waals surface area contributed by atoms with Crippen LogP contribution in [0.1, 0.15) is 6.92 Å². The average molecular weight is 545 g/mol. The highest BCUT2D eigenvalue weighted by atomic mass is 16.7. The molecule has 15 atom stereocenters. The van der Waals surface area contributed by atoms with Crippen molar-refractivity contribution in [1.82, 2.24) is 5.32 Å². The minimum atomic E-state index is -1.86. The first-order valence-electron chi connectivity index (χ1n) is 11.6. The highest BCUT2D eigenvalue weighted by molar-refractivity contribution is 5.73. The van der Waals surface area contributed by atoms with Gasteiger partial charge in [0.05, 0.1) is 19.8 Å². The Hall–Kier alpha value is -1.13. The SMILES string of the molecule is CC(=O)N[C@@H]1[C@@H](O)[C@H](O[C@@H]2O[C@H](CO)[C@H](O)[C@H](O)[C@H]2O)[C@@H](CO[C@@H]2O[C@H](CO)[C@H](O)[C@H](O)[C@H]2O)O[C@H]1O. The molecule has 0 bridgehead atoms. The lowest BCUT2D eigenvalue weighted by molar-refractivity contribution is -0.353.